The number of methoxy groups -OCH3 is 1. The average molecular weight is 429 g/mol. The number of benzene rings is 2. The maximum atomic E-state index is 12.7. The summed E-state index contributed by atoms with van der Waals surface area (Å²) < 4.78 is 12.8. The van der Waals surface area contributed by atoms with Gasteiger partial charge in [-0.1, -0.05) is 30.3 Å². The van der Waals surface area contributed by atoms with Crippen molar-refractivity contribution in [1.82, 2.24) is 19.7 Å². The van der Waals surface area contributed by atoms with Crippen molar-refractivity contribution in [3.8, 4) is 28.3 Å². The number of nitrogens with zero attached hydrogens (tertiary/aromatic N) is 4. The Morgan fingerprint density at radius 2 is 2.03 bits per heavy atom. The molecule has 1 aliphatic heterocycles. The second-order valence-electron chi connectivity index (χ2n) is 7.71. The number of aryl methyl sites for hydroxylation is 1. The van der Waals surface area contributed by atoms with Gasteiger partial charge in [-0.3, -0.25) is 9.48 Å². The van der Waals surface area contributed by atoms with Crippen LogP contribution in [-0.4, -0.2) is 45.5 Å². The number of rotatable bonds is 5. The summed E-state index contributed by atoms with van der Waals surface area (Å²) in [5, 5.41) is 8.42. The van der Waals surface area contributed by atoms with E-state index in [0.29, 0.717) is 30.0 Å². The molecule has 0 radical (unpaired) electrons. The third-order valence-corrected chi connectivity index (χ3v) is 5.57. The van der Waals surface area contributed by atoms with Gasteiger partial charge in [0.15, 0.2) is 0 Å². The average Bonchev–Trinajstić information content (AvgIpc) is 3.49. The van der Waals surface area contributed by atoms with Crippen molar-refractivity contribution >= 4 is 22.5 Å². The van der Waals surface area contributed by atoms with E-state index in [4.69, 9.17) is 9.47 Å². The molecule has 1 aliphatic rings. The minimum absolute atomic E-state index is 0.176. The first-order chi connectivity index (χ1) is 15.6. The number of amides is 1. The molecular formula is C24H23N5O3. The number of aromatic nitrogens is 4. The highest BCUT2D eigenvalue weighted by atomic mass is 16.5. The van der Waals surface area contributed by atoms with Gasteiger partial charge in [0.05, 0.1) is 24.0 Å². The number of anilines is 1. The van der Waals surface area contributed by atoms with E-state index in [0.717, 1.165) is 34.3 Å². The molecule has 8 nitrogen and oxygen atoms in total. The van der Waals surface area contributed by atoms with Gasteiger partial charge in [-0.25, -0.2) is 9.97 Å². The third-order valence-electron chi connectivity index (χ3n) is 5.57. The Bertz CT molecular complexity index is 1280. The molecule has 1 saturated heterocycles. The maximum Gasteiger partial charge on any atom is 0.253 e. The molecule has 0 bridgehead atoms. The number of fused-ring (bicyclic) bond motifs is 1. The molecule has 162 valence electrons. The molecule has 0 spiro atoms. The van der Waals surface area contributed by atoms with Crippen LogP contribution in [-0.2, 0) is 16.6 Å². The molecule has 1 atom stereocenters. The molecule has 0 saturated carbocycles. The maximum absolute atomic E-state index is 12.7. The topological polar surface area (TPSA) is 91.2 Å². The van der Waals surface area contributed by atoms with Crippen molar-refractivity contribution < 1.29 is 14.3 Å². The van der Waals surface area contributed by atoms with Gasteiger partial charge in [0.25, 0.3) is 5.91 Å². The van der Waals surface area contributed by atoms with Crippen LogP contribution in [0, 0.1) is 0 Å². The molecule has 1 N–H and O–H groups in total. The SMILES string of the molecule is COc1cc2ncnc(-c3cn(C)nc3-c3ccccc3)c2cc1NC(=O)[C@H]1CCCO1. The summed E-state index contributed by atoms with van der Waals surface area (Å²) >= 11 is 0. The summed E-state index contributed by atoms with van der Waals surface area (Å²) in [4.78, 5) is 21.7. The largest absolute Gasteiger partial charge is 0.494 e. The van der Waals surface area contributed by atoms with Crippen LogP contribution in [0.15, 0.2) is 55.0 Å². The molecule has 8 heteroatoms. The van der Waals surface area contributed by atoms with Gasteiger partial charge in [0, 0.05) is 42.4 Å². The molecule has 5 rings (SSSR count). The van der Waals surface area contributed by atoms with Gasteiger partial charge in [-0.15, -0.1) is 0 Å². The van der Waals surface area contributed by atoms with Crippen LogP contribution in [0.2, 0.25) is 0 Å². The van der Waals surface area contributed by atoms with Gasteiger partial charge in [-0.2, -0.15) is 5.10 Å². The molecule has 0 unspecified atom stereocenters. The monoisotopic (exact) mass is 429 g/mol. The molecule has 2 aromatic heterocycles. The second kappa shape index (κ2) is 8.39. The number of carbonyl (C=O) groups is 1. The molecule has 1 amide bonds. The van der Waals surface area contributed by atoms with Crippen molar-refractivity contribution in [3.05, 3.63) is 55.0 Å². The predicted octanol–water partition coefficient (Wildman–Crippen LogP) is 3.82. The van der Waals surface area contributed by atoms with Crippen LogP contribution in [0.4, 0.5) is 5.69 Å². The fraction of sp³-hybridized carbons (Fsp3) is 0.250. The van der Waals surface area contributed by atoms with E-state index in [9.17, 15) is 4.79 Å². The minimum Gasteiger partial charge on any atom is -0.494 e. The zero-order valence-corrected chi connectivity index (χ0v) is 17.9. The van der Waals surface area contributed by atoms with Crippen LogP contribution in [0.25, 0.3) is 33.4 Å². The van der Waals surface area contributed by atoms with Crippen molar-refractivity contribution in [2.45, 2.75) is 18.9 Å². The number of carbonyl (C=O) groups excluding carboxylic acids is 1. The van der Waals surface area contributed by atoms with E-state index >= 15 is 0 Å². The molecular weight excluding hydrogens is 406 g/mol. The van der Waals surface area contributed by atoms with Gasteiger partial charge in [0.2, 0.25) is 0 Å². The lowest BCUT2D eigenvalue weighted by Crippen LogP contribution is -2.27. The van der Waals surface area contributed by atoms with Gasteiger partial charge in [0.1, 0.15) is 23.9 Å². The van der Waals surface area contributed by atoms with Gasteiger partial charge >= 0.3 is 0 Å². The summed E-state index contributed by atoms with van der Waals surface area (Å²) in [6.45, 7) is 0.605. The highest BCUT2D eigenvalue weighted by Crippen LogP contribution is 2.37. The minimum atomic E-state index is -0.440. The number of nitrogens with one attached hydrogen (secondary N) is 1. The summed E-state index contributed by atoms with van der Waals surface area (Å²) in [5.41, 5.74) is 4.71. The normalized spacial score (nSPS) is 15.8. The van der Waals surface area contributed by atoms with Gasteiger partial charge < -0.3 is 14.8 Å². The van der Waals surface area contributed by atoms with Crippen LogP contribution < -0.4 is 10.1 Å². The van der Waals surface area contributed by atoms with E-state index in [1.807, 2.05) is 55.7 Å². The molecule has 0 aliphatic carbocycles. The van der Waals surface area contributed by atoms with E-state index < -0.39 is 6.10 Å². The van der Waals surface area contributed by atoms with E-state index in [1.54, 1.807) is 11.8 Å². The Morgan fingerprint density at radius 1 is 1.19 bits per heavy atom. The van der Waals surface area contributed by atoms with Crippen LogP contribution in [0.3, 0.4) is 0 Å². The lowest BCUT2D eigenvalue weighted by molar-refractivity contribution is -0.124. The lowest BCUT2D eigenvalue weighted by atomic mass is 10.0. The van der Waals surface area contributed by atoms with Crippen LogP contribution >= 0.6 is 0 Å². The first-order valence-corrected chi connectivity index (χ1v) is 10.5. The Labute approximate surface area is 185 Å². The zero-order valence-electron chi connectivity index (χ0n) is 17.9. The lowest BCUT2D eigenvalue weighted by Gasteiger charge is -2.15. The fourth-order valence-electron chi connectivity index (χ4n) is 4.03. The van der Waals surface area contributed by atoms with Crippen LogP contribution in [0.5, 0.6) is 5.75 Å². The van der Waals surface area contributed by atoms with Crippen LogP contribution in [0.1, 0.15) is 12.8 Å². The highest BCUT2D eigenvalue weighted by molar-refractivity contribution is 6.02. The summed E-state index contributed by atoms with van der Waals surface area (Å²) in [6, 6.07) is 13.6. The molecule has 1 fully saturated rings. The fourth-order valence-corrected chi connectivity index (χ4v) is 4.03. The number of ether oxygens (including phenoxy) is 2. The quantitative estimate of drug-likeness (QED) is 0.519. The highest BCUT2D eigenvalue weighted by Gasteiger charge is 2.25. The summed E-state index contributed by atoms with van der Waals surface area (Å²) in [7, 11) is 3.45. The van der Waals surface area contributed by atoms with Crippen molar-refractivity contribution in [3.63, 3.8) is 0 Å². The summed E-state index contributed by atoms with van der Waals surface area (Å²) in [6.07, 6.45) is 4.63. The van der Waals surface area contributed by atoms with E-state index in [-0.39, 0.29) is 5.91 Å². The first kappa shape index (κ1) is 20.1. The van der Waals surface area contributed by atoms with E-state index in [1.165, 1.54) is 6.33 Å². The molecule has 2 aromatic carbocycles. The molecule has 3 heterocycles. The van der Waals surface area contributed by atoms with Gasteiger partial charge in [-0.05, 0) is 18.9 Å². The first-order valence-electron chi connectivity index (χ1n) is 10.5. The van der Waals surface area contributed by atoms with Crippen molar-refractivity contribution in [2.24, 2.45) is 7.05 Å². The molecule has 32 heavy (non-hydrogen) atoms. The van der Waals surface area contributed by atoms with E-state index in [2.05, 4.69) is 20.4 Å². The predicted molar refractivity (Wildman–Crippen MR) is 121 cm³/mol. The third kappa shape index (κ3) is 3.69. The second-order valence-corrected chi connectivity index (χ2v) is 7.71. The Kier molecular flexibility index (Phi) is 5.28. The Hall–Kier alpha value is -3.78. The summed E-state index contributed by atoms with van der Waals surface area (Å²) in [5.74, 6) is 0.355. The number of hydrogen-bond acceptors (Lipinski definition) is 6. The Morgan fingerprint density at radius 3 is 2.78 bits per heavy atom. The van der Waals surface area contributed by atoms with Crippen molar-refractivity contribution in [2.75, 3.05) is 19.0 Å². The Balaban J connectivity index is 1.63. The molecule has 4 aromatic rings. The standard InChI is InChI=1S/C24H23N5O3/c1-29-13-17(22(28-29)15-7-4-3-5-8-15)23-16-11-19(27-24(30)20-9-6-10-32-20)21(31-2)12-18(16)25-14-26-23/h3-5,7-8,11-14,20H,6,9-10H2,1-2H3,(H,27,30)/t20-/m1/s1. The number of hydrogen-bond donors (Lipinski definition) is 1. The van der Waals surface area contributed by atoms with Crippen molar-refractivity contribution in [1.29, 1.82) is 0 Å². The smallest absolute Gasteiger partial charge is 0.253 e. The zero-order chi connectivity index (χ0) is 22.1.